The van der Waals surface area contributed by atoms with E-state index in [9.17, 15) is 22.8 Å². The highest BCUT2D eigenvalue weighted by Crippen LogP contribution is 2.29. The number of amides is 2. The minimum Gasteiger partial charge on any atom is -0.368 e. The zero-order valence-corrected chi connectivity index (χ0v) is 13.6. The number of halogens is 3. The molecule has 1 aromatic carbocycles. The molecule has 1 atom stereocenters. The Hall–Kier alpha value is -2.09. The van der Waals surface area contributed by atoms with Crippen molar-refractivity contribution in [1.82, 2.24) is 9.80 Å². The van der Waals surface area contributed by atoms with E-state index < -0.39 is 23.8 Å². The lowest BCUT2D eigenvalue weighted by Gasteiger charge is -2.35. The molecular weight excluding hydrogens is 337 g/mol. The van der Waals surface area contributed by atoms with Crippen LogP contribution in [0, 0.1) is 0 Å². The van der Waals surface area contributed by atoms with Gasteiger partial charge in [-0.3, -0.25) is 9.59 Å². The van der Waals surface area contributed by atoms with E-state index in [4.69, 9.17) is 4.74 Å². The first-order valence-corrected chi connectivity index (χ1v) is 8.23. The largest absolute Gasteiger partial charge is 0.416 e. The second-order valence-electron chi connectivity index (χ2n) is 6.20. The van der Waals surface area contributed by atoms with E-state index >= 15 is 0 Å². The highest BCUT2D eigenvalue weighted by Gasteiger charge is 2.33. The molecule has 2 saturated heterocycles. The average Bonchev–Trinajstić information content (AvgIpc) is 3.15. The van der Waals surface area contributed by atoms with E-state index in [1.165, 1.54) is 17.0 Å². The number of ether oxygens (including phenoxy) is 1. The minimum absolute atomic E-state index is 0.00808. The molecule has 0 spiro atoms. The van der Waals surface area contributed by atoms with Crippen molar-refractivity contribution >= 4 is 11.8 Å². The number of piperazine rings is 1. The summed E-state index contributed by atoms with van der Waals surface area (Å²) < 4.78 is 43.7. The molecule has 0 bridgehead atoms. The van der Waals surface area contributed by atoms with Gasteiger partial charge in [-0.05, 0) is 31.0 Å². The molecule has 0 saturated carbocycles. The highest BCUT2D eigenvalue weighted by molar-refractivity contribution is 5.94. The number of benzene rings is 1. The fourth-order valence-electron chi connectivity index (χ4n) is 3.12. The third kappa shape index (κ3) is 3.95. The van der Waals surface area contributed by atoms with Crippen molar-refractivity contribution in [3.05, 3.63) is 35.4 Å². The van der Waals surface area contributed by atoms with Crippen LogP contribution in [0.3, 0.4) is 0 Å². The van der Waals surface area contributed by atoms with Crippen LogP contribution in [0.25, 0.3) is 0 Å². The molecule has 0 aromatic heterocycles. The molecule has 2 amide bonds. The van der Waals surface area contributed by atoms with E-state index in [-0.39, 0.29) is 11.5 Å². The van der Waals surface area contributed by atoms with Crippen molar-refractivity contribution in [1.29, 1.82) is 0 Å². The summed E-state index contributed by atoms with van der Waals surface area (Å²) in [5, 5.41) is 0. The molecule has 0 radical (unpaired) electrons. The molecule has 8 heteroatoms. The molecule has 0 N–H and O–H groups in total. The van der Waals surface area contributed by atoms with Gasteiger partial charge in [0, 0.05) is 38.3 Å². The molecule has 3 rings (SSSR count). The summed E-state index contributed by atoms with van der Waals surface area (Å²) in [5.74, 6) is -0.515. The van der Waals surface area contributed by atoms with Crippen LogP contribution in [0.15, 0.2) is 24.3 Å². The number of rotatable bonds is 2. The van der Waals surface area contributed by atoms with Crippen LogP contribution in [0.2, 0.25) is 0 Å². The van der Waals surface area contributed by atoms with Crippen LogP contribution in [-0.4, -0.2) is 60.5 Å². The molecule has 25 heavy (non-hydrogen) atoms. The van der Waals surface area contributed by atoms with E-state index in [1.54, 1.807) is 4.90 Å². The zero-order chi connectivity index (χ0) is 18.0. The molecule has 2 aliphatic rings. The van der Waals surface area contributed by atoms with Gasteiger partial charge in [0.25, 0.3) is 11.8 Å². The summed E-state index contributed by atoms with van der Waals surface area (Å²) in [7, 11) is 0. The first-order chi connectivity index (χ1) is 11.9. The molecule has 1 aromatic rings. The van der Waals surface area contributed by atoms with Crippen LogP contribution in [-0.2, 0) is 15.7 Å². The van der Waals surface area contributed by atoms with Gasteiger partial charge in [0.15, 0.2) is 0 Å². The van der Waals surface area contributed by atoms with Gasteiger partial charge in [-0.15, -0.1) is 0 Å². The lowest BCUT2D eigenvalue weighted by Crippen LogP contribution is -2.52. The van der Waals surface area contributed by atoms with Crippen molar-refractivity contribution < 1.29 is 27.5 Å². The van der Waals surface area contributed by atoms with Gasteiger partial charge in [-0.1, -0.05) is 6.07 Å². The summed E-state index contributed by atoms with van der Waals surface area (Å²) in [5.41, 5.74) is -0.834. The zero-order valence-electron chi connectivity index (χ0n) is 13.6. The Morgan fingerprint density at radius 2 is 1.76 bits per heavy atom. The van der Waals surface area contributed by atoms with Crippen LogP contribution >= 0.6 is 0 Å². The summed E-state index contributed by atoms with van der Waals surface area (Å²) in [6, 6.07) is 4.41. The molecule has 136 valence electrons. The molecule has 5 nitrogen and oxygen atoms in total. The SMILES string of the molecule is O=C(c1cccc(C(F)(F)F)c1)N1CCN(C(=O)C2CCCO2)CC1. The Bertz CT molecular complexity index is 649. The Kier molecular flexibility index (Phi) is 4.99. The van der Waals surface area contributed by atoms with E-state index in [0.29, 0.717) is 39.2 Å². The van der Waals surface area contributed by atoms with Crippen LogP contribution in [0.5, 0.6) is 0 Å². The van der Waals surface area contributed by atoms with Crippen molar-refractivity contribution in [3.63, 3.8) is 0 Å². The van der Waals surface area contributed by atoms with Gasteiger partial charge in [0.1, 0.15) is 6.10 Å². The molecule has 0 aliphatic carbocycles. The lowest BCUT2D eigenvalue weighted by molar-refractivity contribution is -0.142. The van der Waals surface area contributed by atoms with Gasteiger partial charge in [-0.2, -0.15) is 13.2 Å². The van der Waals surface area contributed by atoms with Gasteiger partial charge >= 0.3 is 6.18 Å². The normalized spacial score (nSPS) is 21.5. The third-order valence-electron chi connectivity index (χ3n) is 4.52. The molecule has 1 unspecified atom stereocenters. The van der Waals surface area contributed by atoms with Gasteiger partial charge < -0.3 is 14.5 Å². The number of hydrogen-bond donors (Lipinski definition) is 0. The third-order valence-corrected chi connectivity index (χ3v) is 4.52. The second-order valence-corrected chi connectivity index (χ2v) is 6.20. The van der Waals surface area contributed by atoms with E-state index in [0.717, 1.165) is 18.6 Å². The van der Waals surface area contributed by atoms with Gasteiger partial charge in [0.05, 0.1) is 5.56 Å². The maximum Gasteiger partial charge on any atom is 0.416 e. The number of nitrogens with zero attached hydrogens (tertiary/aromatic N) is 2. The molecule has 2 fully saturated rings. The smallest absolute Gasteiger partial charge is 0.368 e. The van der Waals surface area contributed by atoms with Gasteiger partial charge in [-0.25, -0.2) is 0 Å². The maximum absolute atomic E-state index is 12.8. The summed E-state index contributed by atoms with van der Waals surface area (Å²) in [4.78, 5) is 27.9. The lowest BCUT2D eigenvalue weighted by atomic mass is 10.1. The standard InChI is InChI=1S/C17H19F3N2O3/c18-17(19,20)13-4-1-3-12(11-13)15(23)21-6-8-22(9-7-21)16(24)14-5-2-10-25-14/h1,3-4,11,14H,2,5-10H2. The highest BCUT2D eigenvalue weighted by atomic mass is 19.4. The van der Waals surface area contributed by atoms with E-state index in [2.05, 4.69) is 0 Å². The molecule has 2 heterocycles. The Labute approximate surface area is 143 Å². The first kappa shape index (κ1) is 17.7. The monoisotopic (exact) mass is 356 g/mol. The fraction of sp³-hybridized carbons (Fsp3) is 0.529. The Balaban J connectivity index is 1.61. The Morgan fingerprint density at radius 1 is 1.08 bits per heavy atom. The number of carbonyl (C=O) groups excluding carboxylic acids is 2. The van der Waals surface area contributed by atoms with Crippen molar-refractivity contribution in [3.8, 4) is 0 Å². The first-order valence-electron chi connectivity index (χ1n) is 8.23. The number of hydrogen-bond acceptors (Lipinski definition) is 3. The molecular formula is C17H19F3N2O3. The van der Waals surface area contributed by atoms with Crippen LogP contribution in [0.1, 0.15) is 28.8 Å². The fourth-order valence-corrected chi connectivity index (χ4v) is 3.12. The quantitative estimate of drug-likeness (QED) is 0.816. The van der Waals surface area contributed by atoms with Crippen LogP contribution < -0.4 is 0 Å². The summed E-state index contributed by atoms with van der Waals surface area (Å²) >= 11 is 0. The number of carbonyl (C=O) groups is 2. The van der Waals surface area contributed by atoms with Crippen molar-refractivity contribution in [2.75, 3.05) is 32.8 Å². The summed E-state index contributed by atoms with van der Waals surface area (Å²) in [6.07, 6.45) is -3.30. The maximum atomic E-state index is 12.8. The molecule has 2 aliphatic heterocycles. The number of alkyl halides is 3. The minimum atomic E-state index is -4.48. The van der Waals surface area contributed by atoms with Crippen molar-refractivity contribution in [2.45, 2.75) is 25.1 Å². The average molecular weight is 356 g/mol. The topological polar surface area (TPSA) is 49.9 Å². The second kappa shape index (κ2) is 7.03. The predicted octanol–water partition coefficient (Wildman–Crippen LogP) is 2.17. The van der Waals surface area contributed by atoms with E-state index in [1.807, 2.05) is 0 Å². The van der Waals surface area contributed by atoms with Gasteiger partial charge in [0.2, 0.25) is 0 Å². The predicted molar refractivity (Wildman–Crippen MR) is 82.9 cm³/mol. The van der Waals surface area contributed by atoms with Crippen LogP contribution in [0.4, 0.5) is 13.2 Å². The Morgan fingerprint density at radius 3 is 2.36 bits per heavy atom. The summed E-state index contributed by atoms with van der Waals surface area (Å²) in [6.45, 7) is 1.91. The van der Waals surface area contributed by atoms with Crippen molar-refractivity contribution in [2.24, 2.45) is 0 Å².